The number of furan rings is 1. The molecule has 1 aromatic rings. The molecule has 0 aliphatic heterocycles. The van der Waals surface area contributed by atoms with E-state index in [4.69, 9.17) is 9.15 Å². The predicted octanol–water partition coefficient (Wildman–Crippen LogP) is 1.43. The van der Waals surface area contributed by atoms with Gasteiger partial charge in [0.1, 0.15) is 5.76 Å². The first-order valence-corrected chi connectivity index (χ1v) is 8.17. The van der Waals surface area contributed by atoms with Gasteiger partial charge in [0, 0.05) is 19.7 Å². The van der Waals surface area contributed by atoms with E-state index in [1.54, 1.807) is 13.2 Å². The summed E-state index contributed by atoms with van der Waals surface area (Å²) in [6.07, 6.45) is 0. The van der Waals surface area contributed by atoms with Gasteiger partial charge < -0.3 is 14.5 Å². The van der Waals surface area contributed by atoms with Gasteiger partial charge in [-0.15, -0.1) is 0 Å². The van der Waals surface area contributed by atoms with Gasteiger partial charge in [0.15, 0.2) is 0 Å². The monoisotopic (exact) mass is 304 g/mol. The van der Waals surface area contributed by atoms with Gasteiger partial charge in [-0.05, 0) is 32.5 Å². The molecule has 1 heterocycles. The Balaban J connectivity index is 2.91. The summed E-state index contributed by atoms with van der Waals surface area (Å²) in [5.41, 5.74) is 0. The average Bonchev–Trinajstić information content (AvgIpc) is 2.85. The second-order valence-corrected chi connectivity index (χ2v) is 6.52. The molecule has 1 N–H and O–H groups in total. The van der Waals surface area contributed by atoms with E-state index >= 15 is 0 Å². The molecule has 20 heavy (non-hydrogen) atoms. The van der Waals surface area contributed by atoms with Gasteiger partial charge in [-0.2, -0.15) is 4.31 Å². The molecule has 0 aliphatic rings. The lowest BCUT2D eigenvalue weighted by atomic mass is 10.4. The largest absolute Gasteiger partial charge is 0.447 e. The number of methoxy groups -OCH3 is 1. The topological polar surface area (TPSA) is 71.8 Å². The Morgan fingerprint density at radius 2 is 2.10 bits per heavy atom. The molecule has 1 aromatic heterocycles. The first kappa shape index (κ1) is 17.2. The zero-order valence-electron chi connectivity index (χ0n) is 12.5. The number of ether oxygens (including phenoxy) is 1. The summed E-state index contributed by atoms with van der Waals surface area (Å²) in [6.45, 7) is 7.61. The zero-order valence-corrected chi connectivity index (χ0v) is 13.4. The maximum Gasteiger partial charge on any atom is 0.276 e. The molecule has 0 saturated carbocycles. The second-order valence-electron chi connectivity index (χ2n) is 4.70. The number of rotatable bonds is 9. The molecule has 0 spiro atoms. The number of hydrogen-bond donors (Lipinski definition) is 1. The standard InChI is InChI=1S/C13H24N2O4S/c1-5-14-10-12-6-7-13(19-12)20(16,17)15(11(2)3)8-9-18-4/h6-7,11,14H,5,8-10H2,1-4H3. The van der Waals surface area contributed by atoms with E-state index in [2.05, 4.69) is 5.32 Å². The summed E-state index contributed by atoms with van der Waals surface area (Å²) in [5.74, 6) is 0.612. The van der Waals surface area contributed by atoms with E-state index in [1.807, 2.05) is 20.8 Å². The molecular weight excluding hydrogens is 280 g/mol. The summed E-state index contributed by atoms with van der Waals surface area (Å²) in [4.78, 5) is 0. The van der Waals surface area contributed by atoms with Crippen molar-refractivity contribution in [2.75, 3.05) is 26.8 Å². The van der Waals surface area contributed by atoms with Gasteiger partial charge in [0.25, 0.3) is 10.0 Å². The highest BCUT2D eigenvalue weighted by atomic mass is 32.2. The highest BCUT2D eigenvalue weighted by Crippen LogP contribution is 2.20. The lowest BCUT2D eigenvalue weighted by molar-refractivity contribution is 0.169. The minimum Gasteiger partial charge on any atom is -0.447 e. The smallest absolute Gasteiger partial charge is 0.276 e. The molecule has 0 fully saturated rings. The Kier molecular flexibility index (Phi) is 6.67. The third kappa shape index (κ3) is 4.31. The van der Waals surface area contributed by atoms with Crippen molar-refractivity contribution in [3.8, 4) is 0 Å². The molecule has 0 amide bonds. The van der Waals surface area contributed by atoms with Gasteiger partial charge in [-0.3, -0.25) is 0 Å². The average molecular weight is 304 g/mol. The minimum atomic E-state index is -3.62. The molecule has 7 heteroatoms. The lowest BCUT2D eigenvalue weighted by Crippen LogP contribution is -2.39. The predicted molar refractivity (Wildman–Crippen MR) is 77.0 cm³/mol. The van der Waals surface area contributed by atoms with Crippen LogP contribution in [-0.2, 0) is 21.3 Å². The molecule has 116 valence electrons. The quantitative estimate of drug-likeness (QED) is 0.747. The highest BCUT2D eigenvalue weighted by molar-refractivity contribution is 7.89. The third-order valence-corrected chi connectivity index (χ3v) is 4.79. The Morgan fingerprint density at radius 3 is 2.65 bits per heavy atom. The fourth-order valence-electron chi connectivity index (χ4n) is 1.79. The molecule has 0 saturated heterocycles. The zero-order chi connectivity index (χ0) is 15.2. The van der Waals surface area contributed by atoms with Crippen LogP contribution in [0.5, 0.6) is 0 Å². The van der Waals surface area contributed by atoms with Gasteiger partial charge in [0.05, 0.1) is 13.2 Å². The number of nitrogens with zero attached hydrogens (tertiary/aromatic N) is 1. The molecule has 0 unspecified atom stereocenters. The van der Waals surface area contributed by atoms with Crippen molar-refractivity contribution in [1.82, 2.24) is 9.62 Å². The molecule has 0 atom stereocenters. The van der Waals surface area contributed by atoms with E-state index in [0.29, 0.717) is 25.5 Å². The van der Waals surface area contributed by atoms with Crippen LogP contribution in [0.2, 0.25) is 0 Å². The van der Waals surface area contributed by atoms with Crippen molar-refractivity contribution in [3.63, 3.8) is 0 Å². The Morgan fingerprint density at radius 1 is 1.40 bits per heavy atom. The van der Waals surface area contributed by atoms with Gasteiger partial charge >= 0.3 is 0 Å². The van der Waals surface area contributed by atoms with Crippen molar-refractivity contribution < 1.29 is 17.6 Å². The maximum atomic E-state index is 12.5. The van der Waals surface area contributed by atoms with Crippen LogP contribution in [0.15, 0.2) is 21.6 Å². The van der Waals surface area contributed by atoms with E-state index < -0.39 is 10.0 Å². The Hall–Kier alpha value is -0.890. The van der Waals surface area contributed by atoms with Crippen molar-refractivity contribution in [3.05, 3.63) is 17.9 Å². The number of hydrogen-bond acceptors (Lipinski definition) is 5. The summed E-state index contributed by atoms with van der Waals surface area (Å²) in [7, 11) is -2.07. The van der Waals surface area contributed by atoms with Gasteiger partial charge in [-0.1, -0.05) is 6.92 Å². The summed E-state index contributed by atoms with van der Waals surface area (Å²) in [6, 6.07) is 3.03. The number of nitrogens with one attached hydrogen (secondary N) is 1. The first-order chi connectivity index (χ1) is 9.43. The fraction of sp³-hybridized carbons (Fsp3) is 0.692. The minimum absolute atomic E-state index is 0.0183. The maximum absolute atomic E-state index is 12.5. The van der Waals surface area contributed by atoms with Crippen LogP contribution in [-0.4, -0.2) is 45.6 Å². The van der Waals surface area contributed by atoms with Crippen LogP contribution in [0.1, 0.15) is 26.5 Å². The highest BCUT2D eigenvalue weighted by Gasteiger charge is 2.29. The van der Waals surface area contributed by atoms with Gasteiger partial charge in [-0.25, -0.2) is 8.42 Å². The van der Waals surface area contributed by atoms with Crippen LogP contribution in [0.25, 0.3) is 0 Å². The Labute approximate surface area is 121 Å². The summed E-state index contributed by atoms with van der Waals surface area (Å²) < 4.78 is 36.8. The Bertz CT molecular complexity index is 496. The van der Waals surface area contributed by atoms with Crippen molar-refractivity contribution in [2.45, 2.75) is 38.5 Å². The van der Waals surface area contributed by atoms with Crippen LogP contribution in [0, 0.1) is 0 Å². The van der Waals surface area contributed by atoms with Crippen molar-refractivity contribution >= 4 is 10.0 Å². The summed E-state index contributed by atoms with van der Waals surface area (Å²) >= 11 is 0. The molecule has 0 aromatic carbocycles. The van der Waals surface area contributed by atoms with E-state index in [0.717, 1.165) is 6.54 Å². The van der Waals surface area contributed by atoms with Crippen LogP contribution in [0.3, 0.4) is 0 Å². The molecular formula is C13H24N2O4S. The van der Waals surface area contributed by atoms with Gasteiger partial charge in [0.2, 0.25) is 5.09 Å². The number of sulfonamides is 1. The lowest BCUT2D eigenvalue weighted by Gasteiger charge is -2.24. The SMILES string of the molecule is CCNCc1ccc(S(=O)(=O)N(CCOC)C(C)C)o1. The van der Waals surface area contributed by atoms with Crippen molar-refractivity contribution in [2.24, 2.45) is 0 Å². The molecule has 0 aliphatic carbocycles. The van der Waals surface area contributed by atoms with E-state index in [9.17, 15) is 8.42 Å². The normalized spacial score (nSPS) is 12.5. The van der Waals surface area contributed by atoms with E-state index in [-0.39, 0.29) is 11.1 Å². The van der Waals surface area contributed by atoms with E-state index in [1.165, 1.54) is 10.4 Å². The molecule has 0 bridgehead atoms. The fourth-order valence-corrected chi connectivity index (χ4v) is 3.35. The first-order valence-electron chi connectivity index (χ1n) is 6.73. The van der Waals surface area contributed by atoms with Crippen LogP contribution >= 0.6 is 0 Å². The van der Waals surface area contributed by atoms with Crippen LogP contribution in [0.4, 0.5) is 0 Å². The van der Waals surface area contributed by atoms with Crippen molar-refractivity contribution in [1.29, 1.82) is 0 Å². The summed E-state index contributed by atoms with van der Waals surface area (Å²) in [5, 5.41) is 3.08. The molecule has 1 rings (SSSR count). The third-order valence-electron chi connectivity index (χ3n) is 2.84. The molecule has 6 nitrogen and oxygen atoms in total. The molecule has 0 radical (unpaired) electrons. The van der Waals surface area contributed by atoms with Crippen LogP contribution < -0.4 is 5.32 Å². The second kappa shape index (κ2) is 7.78.